The maximum atomic E-state index is 12.8. The van der Waals surface area contributed by atoms with E-state index in [2.05, 4.69) is 0 Å². The lowest BCUT2D eigenvalue weighted by Crippen LogP contribution is -2.02. The first-order chi connectivity index (χ1) is 6.50. The molecule has 0 amide bonds. The average molecular weight is 220 g/mol. The van der Waals surface area contributed by atoms with Gasteiger partial charge < -0.3 is 0 Å². The predicted octanol–water partition coefficient (Wildman–Crippen LogP) is 1.28. The molecule has 0 heterocycles. The van der Waals surface area contributed by atoms with Crippen molar-refractivity contribution < 1.29 is 18.1 Å². The third kappa shape index (κ3) is 2.47. The van der Waals surface area contributed by atoms with Crippen molar-refractivity contribution >= 4 is 22.6 Å². The molecule has 1 rings (SSSR count). The maximum absolute atomic E-state index is 12.8. The van der Waals surface area contributed by atoms with Crippen molar-refractivity contribution in [2.75, 3.05) is 4.72 Å². The fraction of sp³-hybridized carbons (Fsp3) is 0. The summed E-state index contributed by atoms with van der Waals surface area (Å²) in [5, 5.41) is 10.3. The molecular weight excluding hydrogens is 215 g/mol. The summed E-state index contributed by atoms with van der Waals surface area (Å²) in [7, 11) is 0. The van der Waals surface area contributed by atoms with Gasteiger partial charge in [0.05, 0.1) is 10.6 Å². The van der Waals surface area contributed by atoms with E-state index in [-0.39, 0.29) is 5.69 Å². The van der Waals surface area contributed by atoms with Gasteiger partial charge in [-0.15, -0.1) is 0 Å². The number of nitrogens with one attached hydrogen (secondary N) is 1. The second-order valence-corrected chi connectivity index (χ2v) is 2.98. The molecule has 0 saturated heterocycles. The Kier molecular flexibility index (Phi) is 3.10. The molecule has 1 aromatic carbocycles. The molecule has 14 heavy (non-hydrogen) atoms. The molecule has 8 heteroatoms. The zero-order valence-corrected chi connectivity index (χ0v) is 7.45. The molecule has 0 aliphatic carbocycles. The second kappa shape index (κ2) is 4.11. The van der Waals surface area contributed by atoms with Gasteiger partial charge in [0.25, 0.3) is 11.3 Å². The Morgan fingerprint density at radius 2 is 2.21 bits per heavy atom. The van der Waals surface area contributed by atoms with Crippen molar-refractivity contribution in [3.05, 3.63) is 34.1 Å². The highest BCUT2D eigenvalue weighted by atomic mass is 32.2. The van der Waals surface area contributed by atoms with Crippen LogP contribution in [0.2, 0.25) is 0 Å². The first-order valence-electron chi connectivity index (χ1n) is 3.32. The number of hydrogen-bond acceptors (Lipinski definition) is 3. The summed E-state index contributed by atoms with van der Waals surface area (Å²) in [6.07, 6.45) is 0. The van der Waals surface area contributed by atoms with Crippen LogP contribution in [-0.2, 0) is 11.3 Å². The van der Waals surface area contributed by atoms with Crippen LogP contribution in [0.1, 0.15) is 0 Å². The molecule has 0 saturated carbocycles. The molecule has 0 aliphatic rings. The zero-order valence-electron chi connectivity index (χ0n) is 6.64. The van der Waals surface area contributed by atoms with Crippen LogP contribution in [0.5, 0.6) is 0 Å². The molecule has 1 unspecified atom stereocenters. The summed E-state index contributed by atoms with van der Waals surface area (Å²) in [6, 6.07) is 2.80. The van der Waals surface area contributed by atoms with E-state index in [4.69, 9.17) is 4.55 Å². The minimum Gasteiger partial charge on any atom is -0.289 e. The van der Waals surface area contributed by atoms with Crippen molar-refractivity contribution in [2.45, 2.75) is 0 Å². The molecule has 0 aliphatic heterocycles. The quantitative estimate of drug-likeness (QED) is 0.456. The minimum atomic E-state index is -2.34. The standard InChI is InChI=1S/C6H5FN2O4S/c7-5-2-1-4(8-14(12)13)3-6(5)9(10)11/h1-3,8H,(H,12,13). The SMILES string of the molecule is O=[N+]([O-])c1cc(NS(=O)O)ccc1F. The number of benzene rings is 1. The third-order valence-electron chi connectivity index (χ3n) is 1.35. The number of nitro benzene ring substituents is 1. The maximum Gasteiger partial charge on any atom is 0.306 e. The molecule has 6 nitrogen and oxygen atoms in total. The van der Waals surface area contributed by atoms with E-state index in [9.17, 15) is 18.7 Å². The van der Waals surface area contributed by atoms with Crippen LogP contribution < -0.4 is 4.72 Å². The molecule has 76 valence electrons. The highest BCUT2D eigenvalue weighted by molar-refractivity contribution is 7.80. The van der Waals surface area contributed by atoms with Crippen molar-refractivity contribution in [2.24, 2.45) is 0 Å². The smallest absolute Gasteiger partial charge is 0.289 e. The Morgan fingerprint density at radius 3 is 2.71 bits per heavy atom. The molecule has 0 bridgehead atoms. The van der Waals surface area contributed by atoms with Crippen molar-refractivity contribution in [3.63, 3.8) is 0 Å². The van der Waals surface area contributed by atoms with Crippen LogP contribution in [0.25, 0.3) is 0 Å². The minimum absolute atomic E-state index is 0.000988. The number of nitrogens with zero attached hydrogens (tertiary/aromatic N) is 1. The number of rotatable bonds is 3. The van der Waals surface area contributed by atoms with Gasteiger partial charge in [-0.3, -0.25) is 19.4 Å². The Bertz CT molecular complexity index is 397. The second-order valence-electron chi connectivity index (χ2n) is 2.27. The van der Waals surface area contributed by atoms with E-state index in [1.165, 1.54) is 0 Å². The van der Waals surface area contributed by atoms with Gasteiger partial charge in [0.15, 0.2) is 0 Å². The highest BCUT2D eigenvalue weighted by Gasteiger charge is 2.14. The summed E-state index contributed by atoms with van der Waals surface area (Å²) < 4.78 is 33.4. The predicted molar refractivity (Wildman–Crippen MR) is 47.4 cm³/mol. The summed E-state index contributed by atoms with van der Waals surface area (Å²) in [4.78, 5) is 9.34. The zero-order chi connectivity index (χ0) is 10.7. The topological polar surface area (TPSA) is 92.5 Å². The molecule has 0 radical (unpaired) electrons. The van der Waals surface area contributed by atoms with Crippen molar-refractivity contribution in [3.8, 4) is 0 Å². The lowest BCUT2D eigenvalue weighted by Gasteiger charge is -2.00. The van der Waals surface area contributed by atoms with Crippen LogP contribution >= 0.6 is 0 Å². The number of anilines is 1. The van der Waals surface area contributed by atoms with Gasteiger partial charge in [-0.1, -0.05) is 0 Å². The normalized spacial score (nSPS) is 12.1. The first-order valence-corrected chi connectivity index (χ1v) is 4.43. The summed E-state index contributed by atoms with van der Waals surface area (Å²) in [5.74, 6) is -0.996. The number of halogens is 1. The molecule has 1 atom stereocenters. The molecule has 0 fully saturated rings. The van der Waals surface area contributed by atoms with E-state index in [0.29, 0.717) is 0 Å². The Labute approximate surface area is 80.3 Å². The van der Waals surface area contributed by atoms with Crippen LogP contribution in [0, 0.1) is 15.9 Å². The Balaban J connectivity index is 3.06. The van der Waals surface area contributed by atoms with Gasteiger partial charge >= 0.3 is 5.69 Å². The third-order valence-corrected chi connectivity index (χ3v) is 1.76. The van der Waals surface area contributed by atoms with Gasteiger partial charge in [0.2, 0.25) is 5.82 Å². The summed E-state index contributed by atoms with van der Waals surface area (Å²) in [5.41, 5.74) is -0.751. The van der Waals surface area contributed by atoms with Crippen LogP contribution in [0.4, 0.5) is 15.8 Å². The largest absolute Gasteiger partial charge is 0.306 e. The lowest BCUT2D eigenvalue weighted by molar-refractivity contribution is -0.387. The molecular formula is C6H5FN2O4S. The van der Waals surface area contributed by atoms with Crippen LogP contribution in [0.3, 0.4) is 0 Å². The summed E-state index contributed by atoms with van der Waals surface area (Å²) >= 11 is -2.34. The number of nitro groups is 1. The Morgan fingerprint density at radius 1 is 1.57 bits per heavy atom. The van der Waals surface area contributed by atoms with Gasteiger partial charge in [0, 0.05) is 6.07 Å². The first kappa shape index (κ1) is 10.5. The van der Waals surface area contributed by atoms with Crippen LogP contribution in [-0.4, -0.2) is 13.7 Å². The van der Waals surface area contributed by atoms with Crippen molar-refractivity contribution in [1.82, 2.24) is 0 Å². The van der Waals surface area contributed by atoms with Gasteiger partial charge in [0.1, 0.15) is 0 Å². The fourth-order valence-corrected chi connectivity index (χ4v) is 1.15. The van der Waals surface area contributed by atoms with E-state index in [1.54, 1.807) is 0 Å². The fourth-order valence-electron chi connectivity index (χ4n) is 0.817. The Hall–Kier alpha value is -1.54. The molecule has 2 N–H and O–H groups in total. The van der Waals surface area contributed by atoms with E-state index < -0.39 is 27.7 Å². The molecule has 0 spiro atoms. The van der Waals surface area contributed by atoms with E-state index in [0.717, 1.165) is 18.2 Å². The highest BCUT2D eigenvalue weighted by Crippen LogP contribution is 2.21. The average Bonchev–Trinajstić information content (AvgIpc) is 2.07. The van der Waals surface area contributed by atoms with Gasteiger partial charge in [-0.2, -0.15) is 4.39 Å². The molecule has 0 aromatic heterocycles. The van der Waals surface area contributed by atoms with E-state index >= 15 is 0 Å². The van der Waals surface area contributed by atoms with E-state index in [1.807, 2.05) is 4.72 Å². The summed E-state index contributed by atoms with van der Waals surface area (Å²) in [6.45, 7) is 0. The lowest BCUT2D eigenvalue weighted by atomic mass is 10.3. The van der Waals surface area contributed by atoms with Gasteiger partial charge in [-0.25, -0.2) is 4.21 Å². The van der Waals surface area contributed by atoms with Gasteiger partial charge in [-0.05, 0) is 12.1 Å². The van der Waals surface area contributed by atoms with Crippen molar-refractivity contribution in [1.29, 1.82) is 0 Å². The number of hydrogen-bond donors (Lipinski definition) is 2. The molecule has 1 aromatic rings. The van der Waals surface area contributed by atoms with Crippen LogP contribution in [0.15, 0.2) is 18.2 Å². The monoisotopic (exact) mass is 220 g/mol.